The highest BCUT2D eigenvalue weighted by atomic mass is 19.1. The first-order chi connectivity index (χ1) is 12.1. The summed E-state index contributed by atoms with van der Waals surface area (Å²) in [6, 6.07) is 4.95. The predicted octanol–water partition coefficient (Wildman–Crippen LogP) is 2.68. The molecule has 1 aliphatic rings. The molecule has 0 atom stereocenters. The number of fused-ring (bicyclic) bond motifs is 1. The standard InChI is InChI=1S/C17H16FN5O2/c18-13-2-1-3-14-16(13)22-15(7-20-14)11-6-21-23(8-11)12-4-10(5-12)9-25-17(19)24/h1-3,6-8,10,12H,4-5,9H2,(H2,19,24). The molecule has 7 nitrogen and oxygen atoms in total. The average molecular weight is 341 g/mol. The Morgan fingerprint density at radius 3 is 3.00 bits per heavy atom. The van der Waals surface area contributed by atoms with Crippen molar-refractivity contribution in [1.29, 1.82) is 0 Å². The van der Waals surface area contributed by atoms with Crippen LogP contribution in [0.1, 0.15) is 18.9 Å². The third-order valence-corrected chi connectivity index (χ3v) is 4.47. The minimum atomic E-state index is -0.744. The molecular weight excluding hydrogens is 325 g/mol. The summed E-state index contributed by atoms with van der Waals surface area (Å²) in [7, 11) is 0. The lowest BCUT2D eigenvalue weighted by atomic mass is 9.81. The molecule has 1 saturated carbocycles. The molecule has 0 unspecified atom stereocenters. The lowest BCUT2D eigenvalue weighted by molar-refractivity contribution is 0.0808. The molecule has 0 radical (unpaired) electrons. The Bertz CT molecular complexity index is 936. The Labute approximate surface area is 142 Å². The molecule has 1 amide bonds. The number of halogens is 1. The van der Waals surface area contributed by atoms with Crippen molar-refractivity contribution < 1.29 is 13.9 Å². The van der Waals surface area contributed by atoms with Crippen molar-refractivity contribution in [2.24, 2.45) is 11.7 Å². The number of rotatable bonds is 4. The second-order valence-electron chi connectivity index (χ2n) is 6.19. The highest BCUT2D eigenvalue weighted by molar-refractivity contribution is 5.77. The second-order valence-corrected chi connectivity index (χ2v) is 6.19. The molecule has 0 aliphatic heterocycles. The number of aromatic nitrogens is 4. The fourth-order valence-corrected chi connectivity index (χ4v) is 3.06. The topological polar surface area (TPSA) is 95.9 Å². The molecule has 1 aliphatic carbocycles. The SMILES string of the molecule is NC(=O)OCC1CC(n2cc(-c3cnc4cccc(F)c4n3)cn2)C1. The zero-order valence-electron chi connectivity index (χ0n) is 13.3. The Morgan fingerprint density at radius 1 is 1.36 bits per heavy atom. The van der Waals surface area contributed by atoms with Gasteiger partial charge in [-0.25, -0.2) is 14.2 Å². The maximum absolute atomic E-state index is 13.9. The summed E-state index contributed by atoms with van der Waals surface area (Å²) in [5, 5.41) is 4.37. The highest BCUT2D eigenvalue weighted by Gasteiger charge is 2.32. The normalized spacial score (nSPS) is 19.6. The Morgan fingerprint density at radius 2 is 2.20 bits per heavy atom. The fraction of sp³-hybridized carbons (Fsp3) is 0.294. The predicted molar refractivity (Wildman–Crippen MR) is 88.0 cm³/mol. The minimum absolute atomic E-state index is 0.250. The summed E-state index contributed by atoms with van der Waals surface area (Å²) in [4.78, 5) is 19.2. The number of para-hydroxylation sites is 1. The first-order valence-electron chi connectivity index (χ1n) is 7.98. The molecule has 0 bridgehead atoms. The largest absolute Gasteiger partial charge is 0.449 e. The summed E-state index contributed by atoms with van der Waals surface area (Å²) >= 11 is 0. The van der Waals surface area contributed by atoms with Crippen molar-refractivity contribution in [3.63, 3.8) is 0 Å². The van der Waals surface area contributed by atoms with E-state index in [1.54, 1.807) is 24.5 Å². The van der Waals surface area contributed by atoms with Crippen LogP contribution in [0.4, 0.5) is 9.18 Å². The average Bonchev–Trinajstić information content (AvgIpc) is 3.03. The quantitative estimate of drug-likeness (QED) is 0.787. The second kappa shape index (κ2) is 6.12. The Kier molecular flexibility index (Phi) is 3.79. The van der Waals surface area contributed by atoms with Crippen molar-refractivity contribution >= 4 is 17.1 Å². The lowest BCUT2D eigenvalue weighted by Gasteiger charge is -2.34. The van der Waals surface area contributed by atoms with Gasteiger partial charge in [-0.1, -0.05) is 6.07 Å². The minimum Gasteiger partial charge on any atom is -0.449 e. The van der Waals surface area contributed by atoms with Crippen LogP contribution in [0.15, 0.2) is 36.8 Å². The van der Waals surface area contributed by atoms with Crippen molar-refractivity contribution in [3.8, 4) is 11.3 Å². The van der Waals surface area contributed by atoms with Gasteiger partial charge < -0.3 is 10.5 Å². The number of amides is 1. The van der Waals surface area contributed by atoms with Gasteiger partial charge in [0.15, 0.2) is 5.82 Å². The van der Waals surface area contributed by atoms with Crippen LogP contribution in [0.2, 0.25) is 0 Å². The van der Waals surface area contributed by atoms with E-state index in [0.717, 1.165) is 18.4 Å². The molecule has 4 rings (SSSR count). The Hall–Kier alpha value is -3.03. The van der Waals surface area contributed by atoms with Crippen LogP contribution < -0.4 is 5.73 Å². The van der Waals surface area contributed by atoms with Gasteiger partial charge in [0.1, 0.15) is 5.52 Å². The van der Waals surface area contributed by atoms with Crippen molar-refractivity contribution in [2.75, 3.05) is 6.61 Å². The Balaban J connectivity index is 1.49. The number of nitrogens with zero attached hydrogens (tertiary/aromatic N) is 4. The molecule has 0 saturated heterocycles. The number of carbonyl (C=O) groups excluding carboxylic acids is 1. The summed E-state index contributed by atoms with van der Waals surface area (Å²) in [6.07, 6.45) is 6.19. The summed E-state index contributed by atoms with van der Waals surface area (Å²) in [5.74, 6) is -0.0877. The third-order valence-electron chi connectivity index (χ3n) is 4.47. The first-order valence-corrected chi connectivity index (χ1v) is 7.98. The van der Waals surface area contributed by atoms with E-state index in [1.807, 2.05) is 10.9 Å². The van der Waals surface area contributed by atoms with Crippen LogP contribution in [0.5, 0.6) is 0 Å². The summed E-state index contributed by atoms with van der Waals surface area (Å²) < 4.78 is 20.6. The lowest BCUT2D eigenvalue weighted by Crippen LogP contribution is -2.31. The monoisotopic (exact) mass is 341 g/mol. The number of hydrogen-bond acceptors (Lipinski definition) is 5. The molecule has 0 spiro atoms. The van der Waals surface area contributed by atoms with Gasteiger partial charge in [-0.05, 0) is 30.9 Å². The molecule has 8 heteroatoms. The van der Waals surface area contributed by atoms with E-state index >= 15 is 0 Å². The van der Waals surface area contributed by atoms with Crippen LogP contribution in [0, 0.1) is 11.7 Å². The van der Waals surface area contributed by atoms with Gasteiger partial charge in [-0.3, -0.25) is 9.67 Å². The maximum atomic E-state index is 13.9. The number of hydrogen-bond donors (Lipinski definition) is 1. The van der Waals surface area contributed by atoms with E-state index in [0.29, 0.717) is 23.7 Å². The fourth-order valence-electron chi connectivity index (χ4n) is 3.06. The first kappa shape index (κ1) is 15.5. The van der Waals surface area contributed by atoms with Gasteiger partial charge in [-0.2, -0.15) is 5.10 Å². The van der Waals surface area contributed by atoms with Crippen molar-refractivity contribution in [2.45, 2.75) is 18.9 Å². The molecular formula is C17H16FN5O2. The molecule has 2 heterocycles. The molecule has 1 aromatic carbocycles. The van der Waals surface area contributed by atoms with E-state index in [4.69, 9.17) is 10.5 Å². The highest BCUT2D eigenvalue weighted by Crippen LogP contribution is 2.38. The number of nitrogens with two attached hydrogens (primary N) is 1. The third kappa shape index (κ3) is 3.02. The van der Waals surface area contributed by atoms with Crippen molar-refractivity contribution in [3.05, 3.63) is 42.6 Å². The van der Waals surface area contributed by atoms with Gasteiger partial charge in [0.25, 0.3) is 0 Å². The van der Waals surface area contributed by atoms with Crippen LogP contribution in [-0.2, 0) is 4.74 Å². The van der Waals surface area contributed by atoms with E-state index in [-0.39, 0.29) is 11.6 Å². The summed E-state index contributed by atoms with van der Waals surface area (Å²) in [5.41, 5.74) is 7.10. The van der Waals surface area contributed by atoms with Crippen LogP contribution in [0.25, 0.3) is 22.3 Å². The number of ether oxygens (including phenoxy) is 1. The van der Waals surface area contributed by atoms with Crippen LogP contribution in [-0.4, -0.2) is 32.4 Å². The van der Waals surface area contributed by atoms with Gasteiger partial charge in [0, 0.05) is 11.8 Å². The number of carbonyl (C=O) groups is 1. The molecule has 128 valence electrons. The summed E-state index contributed by atoms with van der Waals surface area (Å²) in [6.45, 7) is 0.343. The van der Waals surface area contributed by atoms with Gasteiger partial charge in [-0.15, -0.1) is 0 Å². The smallest absolute Gasteiger partial charge is 0.404 e. The van der Waals surface area contributed by atoms with E-state index in [1.165, 1.54) is 6.07 Å². The van der Waals surface area contributed by atoms with Crippen LogP contribution in [0.3, 0.4) is 0 Å². The van der Waals surface area contributed by atoms with E-state index in [9.17, 15) is 9.18 Å². The zero-order chi connectivity index (χ0) is 17.4. The molecule has 25 heavy (non-hydrogen) atoms. The number of primary amides is 1. The van der Waals surface area contributed by atoms with Gasteiger partial charge >= 0.3 is 6.09 Å². The van der Waals surface area contributed by atoms with Gasteiger partial charge in [0.2, 0.25) is 0 Å². The molecule has 3 aromatic rings. The van der Waals surface area contributed by atoms with Gasteiger partial charge in [0.05, 0.1) is 36.3 Å². The van der Waals surface area contributed by atoms with Crippen LogP contribution >= 0.6 is 0 Å². The van der Waals surface area contributed by atoms with E-state index < -0.39 is 11.9 Å². The zero-order valence-corrected chi connectivity index (χ0v) is 13.3. The molecule has 2 aromatic heterocycles. The number of benzene rings is 1. The maximum Gasteiger partial charge on any atom is 0.404 e. The van der Waals surface area contributed by atoms with E-state index in [2.05, 4.69) is 15.1 Å². The molecule has 1 fully saturated rings. The van der Waals surface area contributed by atoms with Crippen molar-refractivity contribution in [1.82, 2.24) is 19.7 Å². The molecule has 2 N–H and O–H groups in total.